The van der Waals surface area contributed by atoms with Gasteiger partial charge in [0, 0.05) is 39.2 Å². The summed E-state index contributed by atoms with van der Waals surface area (Å²) in [6, 6.07) is 29.3. The highest BCUT2D eigenvalue weighted by Crippen LogP contribution is 2.37. The SMILES string of the molecule is CN(C)S(=O)(=O)NC(=O)[C@@H]1CN(C(=O)N2c3ccccc3CC(=O)c3ccccc32)CCN1C(=O)N(c1ccccc1)c1ccccc1. The van der Waals surface area contributed by atoms with Gasteiger partial charge in [0.15, 0.2) is 5.78 Å². The van der Waals surface area contributed by atoms with E-state index in [9.17, 15) is 27.6 Å². The number of carbonyl (C=O) groups is 4. The fourth-order valence-electron chi connectivity index (χ4n) is 5.88. The first-order valence-electron chi connectivity index (χ1n) is 15.3. The van der Waals surface area contributed by atoms with E-state index in [1.54, 1.807) is 97.1 Å². The molecule has 2 aliphatic heterocycles. The van der Waals surface area contributed by atoms with Crippen LogP contribution in [-0.2, 0) is 21.4 Å². The summed E-state index contributed by atoms with van der Waals surface area (Å²) in [5.74, 6) is -1.11. The molecule has 2 aliphatic rings. The Kier molecular flexibility index (Phi) is 8.98. The number of hydrogen-bond donors (Lipinski definition) is 1. The van der Waals surface area contributed by atoms with Crippen molar-refractivity contribution in [1.29, 1.82) is 0 Å². The molecule has 1 atom stereocenters. The standard InChI is InChI=1S/C35H34N6O6S/c1-37(2)48(46,47)36-33(43)31-24-38(21-22-39(31)35(45)40(26-14-5-3-6-15-26)27-16-7-4-8-17-27)34(44)41-29-19-11-9-13-25(29)23-32(42)28-18-10-12-20-30(28)41/h3-20,31H,21-24H2,1-2H3,(H,36,43)/t31-/m0/s1. The second-order valence-electron chi connectivity index (χ2n) is 11.6. The maximum atomic E-state index is 14.5. The number of ketones is 1. The number of rotatable bonds is 5. The number of carbonyl (C=O) groups excluding carboxylic acids is 4. The molecule has 0 spiro atoms. The fraction of sp³-hybridized carbons (Fsp3) is 0.200. The van der Waals surface area contributed by atoms with Crippen molar-refractivity contribution in [2.24, 2.45) is 0 Å². The van der Waals surface area contributed by atoms with Crippen LogP contribution in [0.2, 0.25) is 0 Å². The number of nitrogens with zero attached hydrogens (tertiary/aromatic N) is 5. The molecule has 0 aromatic heterocycles. The van der Waals surface area contributed by atoms with Gasteiger partial charge in [-0.3, -0.25) is 19.4 Å². The third kappa shape index (κ3) is 6.25. The van der Waals surface area contributed by atoms with Gasteiger partial charge >= 0.3 is 22.3 Å². The van der Waals surface area contributed by atoms with Crippen LogP contribution in [0.1, 0.15) is 15.9 Å². The number of amides is 5. The van der Waals surface area contributed by atoms with Crippen molar-refractivity contribution >= 4 is 56.7 Å². The van der Waals surface area contributed by atoms with E-state index in [4.69, 9.17) is 0 Å². The molecule has 0 unspecified atom stereocenters. The minimum Gasteiger partial charge on any atom is -0.320 e. The van der Waals surface area contributed by atoms with E-state index in [0.29, 0.717) is 33.9 Å². The largest absolute Gasteiger partial charge is 0.329 e. The van der Waals surface area contributed by atoms with E-state index in [-0.39, 0.29) is 31.8 Å². The number of piperazine rings is 1. The van der Waals surface area contributed by atoms with E-state index in [2.05, 4.69) is 4.72 Å². The summed E-state index contributed by atoms with van der Waals surface area (Å²) in [4.78, 5) is 61.7. The van der Waals surface area contributed by atoms with Gasteiger partial charge in [0.1, 0.15) is 6.04 Å². The third-order valence-corrected chi connectivity index (χ3v) is 9.77. The maximum Gasteiger partial charge on any atom is 0.329 e. The van der Waals surface area contributed by atoms with Crippen LogP contribution < -0.4 is 14.5 Å². The molecule has 12 nitrogen and oxygen atoms in total. The average molecular weight is 667 g/mol. The van der Waals surface area contributed by atoms with Crippen LogP contribution in [-0.4, -0.2) is 86.0 Å². The van der Waals surface area contributed by atoms with Crippen molar-refractivity contribution in [3.8, 4) is 0 Å². The molecule has 4 aromatic rings. The van der Waals surface area contributed by atoms with Gasteiger partial charge < -0.3 is 9.80 Å². The van der Waals surface area contributed by atoms with Crippen molar-refractivity contribution in [2.75, 3.05) is 43.5 Å². The Morgan fingerprint density at radius 3 is 1.94 bits per heavy atom. The molecule has 1 saturated heterocycles. The van der Waals surface area contributed by atoms with Crippen LogP contribution in [0.5, 0.6) is 0 Å². The van der Waals surface area contributed by atoms with Gasteiger partial charge in [-0.15, -0.1) is 0 Å². The van der Waals surface area contributed by atoms with Gasteiger partial charge in [-0.25, -0.2) is 14.3 Å². The topological polar surface area (TPSA) is 131 Å². The van der Waals surface area contributed by atoms with Crippen LogP contribution in [0.25, 0.3) is 0 Å². The Morgan fingerprint density at radius 2 is 1.31 bits per heavy atom. The second-order valence-corrected chi connectivity index (χ2v) is 13.4. The molecule has 1 N–H and O–H groups in total. The van der Waals surface area contributed by atoms with E-state index in [0.717, 1.165) is 4.31 Å². The lowest BCUT2D eigenvalue weighted by Crippen LogP contribution is -2.65. The first kappa shape index (κ1) is 32.4. The zero-order valence-corrected chi connectivity index (χ0v) is 27.2. The van der Waals surface area contributed by atoms with E-state index < -0.39 is 34.2 Å². The van der Waals surface area contributed by atoms with Crippen molar-refractivity contribution in [2.45, 2.75) is 12.5 Å². The van der Waals surface area contributed by atoms with E-state index >= 15 is 0 Å². The monoisotopic (exact) mass is 666 g/mol. The Morgan fingerprint density at radius 1 is 0.750 bits per heavy atom. The van der Waals surface area contributed by atoms with E-state index in [1.807, 2.05) is 12.1 Å². The molecule has 0 bridgehead atoms. The van der Waals surface area contributed by atoms with Crippen LogP contribution in [0, 0.1) is 0 Å². The molecule has 0 saturated carbocycles. The van der Waals surface area contributed by atoms with Crippen LogP contribution in [0.15, 0.2) is 109 Å². The molecular weight excluding hydrogens is 632 g/mol. The summed E-state index contributed by atoms with van der Waals surface area (Å²) in [6.45, 7) is -0.372. The lowest BCUT2D eigenvalue weighted by atomic mass is 10.0. The number of urea groups is 2. The number of benzene rings is 4. The van der Waals surface area contributed by atoms with Gasteiger partial charge in [0.05, 0.1) is 29.3 Å². The summed E-state index contributed by atoms with van der Waals surface area (Å²) in [5, 5.41) is 0. The highest BCUT2D eigenvalue weighted by Gasteiger charge is 2.43. The summed E-state index contributed by atoms with van der Waals surface area (Å²) in [7, 11) is -1.69. The summed E-state index contributed by atoms with van der Waals surface area (Å²) in [5.41, 5.74) is 3.03. The highest BCUT2D eigenvalue weighted by molar-refractivity contribution is 7.87. The number of fused-ring (bicyclic) bond motifs is 2. The zero-order chi connectivity index (χ0) is 34.0. The minimum absolute atomic E-state index is 0.0288. The number of Topliss-reactive ketones (excluding diaryl/α,β-unsaturated/α-hetero) is 1. The number of nitrogens with one attached hydrogen (secondary N) is 1. The van der Waals surface area contributed by atoms with Gasteiger partial charge in [0.2, 0.25) is 0 Å². The Balaban J connectivity index is 1.39. The average Bonchev–Trinajstić information content (AvgIpc) is 3.22. The van der Waals surface area contributed by atoms with Crippen molar-refractivity contribution in [3.63, 3.8) is 0 Å². The molecule has 6 rings (SSSR count). The Labute approximate surface area is 278 Å². The quantitative estimate of drug-likeness (QED) is 0.333. The lowest BCUT2D eigenvalue weighted by molar-refractivity contribution is -0.125. The van der Waals surface area contributed by atoms with Crippen molar-refractivity contribution in [1.82, 2.24) is 18.8 Å². The van der Waals surface area contributed by atoms with Gasteiger partial charge in [0.25, 0.3) is 5.91 Å². The Hall–Kier alpha value is -5.53. The zero-order valence-electron chi connectivity index (χ0n) is 26.4. The normalized spacial score (nSPS) is 16.1. The number of hydrogen-bond acceptors (Lipinski definition) is 6. The molecular formula is C35H34N6O6S. The molecule has 48 heavy (non-hydrogen) atoms. The molecule has 246 valence electrons. The molecule has 1 fully saturated rings. The van der Waals surface area contributed by atoms with Crippen LogP contribution >= 0.6 is 0 Å². The summed E-state index contributed by atoms with van der Waals surface area (Å²) < 4.78 is 28.5. The molecule has 5 amide bonds. The first-order chi connectivity index (χ1) is 23.1. The highest BCUT2D eigenvalue weighted by atomic mass is 32.2. The molecule has 0 radical (unpaired) electrons. The number of para-hydroxylation sites is 4. The van der Waals surface area contributed by atoms with Gasteiger partial charge in [-0.1, -0.05) is 66.7 Å². The number of anilines is 4. The van der Waals surface area contributed by atoms with Crippen LogP contribution in [0.4, 0.5) is 32.3 Å². The first-order valence-corrected chi connectivity index (χ1v) is 16.7. The smallest absolute Gasteiger partial charge is 0.320 e. The predicted molar refractivity (Wildman–Crippen MR) is 182 cm³/mol. The molecule has 4 aromatic carbocycles. The van der Waals surface area contributed by atoms with Crippen molar-refractivity contribution < 1.29 is 27.6 Å². The summed E-state index contributed by atoms with van der Waals surface area (Å²) in [6.07, 6.45) is 0.0987. The van der Waals surface area contributed by atoms with Gasteiger partial charge in [-0.2, -0.15) is 12.7 Å². The van der Waals surface area contributed by atoms with Crippen molar-refractivity contribution in [3.05, 3.63) is 120 Å². The van der Waals surface area contributed by atoms with E-state index in [1.165, 1.54) is 33.7 Å². The van der Waals surface area contributed by atoms with Gasteiger partial charge in [-0.05, 0) is 48.0 Å². The molecule has 2 heterocycles. The minimum atomic E-state index is -4.24. The second kappa shape index (κ2) is 13.3. The fourth-order valence-corrected chi connectivity index (χ4v) is 6.45. The third-order valence-electron chi connectivity index (χ3n) is 8.35. The predicted octanol–water partition coefficient (Wildman–Crippen LogP) is 4.55. The summed E-state index contributed by atoms with van der Waals surface area (Å²) >= 11 is 0. The lowest BCUT2D eigenvalue weighted by Gasteiger charge is -2.43. The van der Waals surface area contributed by atoms with Crippen LogP contribution in [0.3, 0.4) is 0 Å². The maximum absolute atomic E-state index is 14.5. The Bertz CT molecular complexity index is 1930. The molecule has 13 heteroatoms. The molecule has 0 aliphatic carbocycles.